The van der Waals surface area contributed by atoms with Gasteiger partial charge in [0.2, 0.25) is 0 Å². The van der Waals surface area contributed by atoms with E-state index >= 15 is 0 Å². The van der Waals surface area contributed by atoms with Crippen LogP contribution in [0, 0.1) is 11.6 Å². The van der Waals surface area contributed by atoms with E-state index in [-0.39, 0.29) is 11.9 Å². The molecule has 1 fully saturated rings. The molecule has 1 aromatic carbocycles. The fourth-order valence-corrected chi connectivity index (χ4v) is 2.79. The van der Waals surface area contributed by atoms with Gasteiger partial charge in [0, 0.05) is 18.2 Å². The van der Waals surface area contributed by atoms with Gasteiger partial charge in [0.1, 0.15) is 11.6 Å². The third-order valence-electron chi connectivity index (χ3n) is 3.80. The maximum absolute atomic E-state index is 13.8. The van der Waals surface area contributed by atoms with Crippen LogP contribution in [0.15, 0.2) is 18.2 Å². The summed E-state index contributed by atoms with van der Waals surface area (Å²) in [6.45, 7) is 3.34. The molecule has 100 valence electrons. The van der Waals surface area contributed by atoms with E-state index in [0.717, 1.165) is 25.5 Å². The molecule has 2 rings (SSSR count). The van der Waals surface area contributed by atoms with Crippen LogP contribution in [0.5, 0.6) is 0 Å². The molecule has 18 heavy (non-hydrogen) atoms. The van der Waals surface area contributed by atoms with E-state index in [1.54, 1.807) is 0 Å². The monoisotopic (exact) mass is 254 g/mol. The average Bonchev–Trinajstić information content (AvgIpc) is 2.36. The van der Waals surface area contributed by atoms with E-state index in [4.69, 9.17) is 5.73 Å². The molecule has 0 radical (unpaired) electrons. The van der Waals surface area contributed by atoms with Crippen molar-refractivity contribution < 1.29 is 8.78 Å². The van der Waals surface area contributed by atoms with Crippen LogP contribution in [0.2, 0.25) is 0 Å². The number of hydrogen-bond donors (Lipinski definition) is 1. The van der Waals surface area contributed by atoms with Crippen molar-refractivity contribution in [3.8, 4) is 0 Å². The Morgan fingerprint density at radius 1 is 1.39 bits per heavy atom. The van der Waals surface area contributed by atoms with Crippen molar-refractivity contribution in [1.82, 2.24) is 4.90 Å². The Hall–Kier alpha value is -1.00. The van der Waals surface area contributed by atoms with E-state index in [2.05, 4.69) is 11.8 Å². The maximum atomic E-state index is 13.8. The van der Waals surface area contributed by atoms with Gasteiger partial charge >= 0.3 is 0 Å². The quantitative estimate of drug-likeness (QED) is 0.898. The number of nitrogens with two attached hydrogens (primary N) is 1. The smallest absolute Gasteiger partial charge is 0.128 e. The summed E-state index contributed by atoms with van der Waals surface area (Å²) in [5.74, 6) is -0.779. The average molecular weight is 254 g/mol. The third kappa shape index (κ3) is 2.70. The summed E-state index contributed by atoms with van der Waals surface area (Å²) in [5, 5.41) is 0. The first-order chi connectivity index (χ1) is 8.63. The summed E-state index contributed by atoms with van der Waals surface area (Å²) < 4.78 is 27.1. The van der Waals surface area contributed by atoms with Gasteiger partial charge in [0.15, 0.2) is 0 Å². The first-order valence-corrected chi connectivity index (χ1v) is 6.54. The minimum Gasteiger partial charge on any atom is -0.329 e. The Morgan fingerprint density at radius 3 is 2.83 bits per heavy atom. The molecule has 0 aliphatic carbocycles. The number of hydrogen-bond acceptors (Lipinski definition) is 2. The van der Waals surface area contributed by atoms with Crippen LogP contribution in [0.1, 0.15) is 37.8 Å². The number of benzene rings is 1. The van der Waals surface area contributed by atoms with Crippen LogP contribution in [-0.4, -0.2) is 24.0 Å². The number of nitrogens with zero attached hydrogens (tertiary/aromatic N) is 1. The van der Waals surface area contributed by atoms with Gasteiger partial charge in [0.25, 0.3) is 0 Å². The van der Waals surface area contributed by atoms with Crippen molar-refractivity contribution in [3.05, 3.63) is 35.4 Å². The predicted octanol–water partition coefficient (Wildman–Crippen LogP) is 2.84. The third-order valence-corrected chi connectivity index (χ3v) is 3.80. The highest BCUT2D eigenvalue weighted by Gasteiger charge is 2.28. The number of likely N-dealkylation sites (tertiary alicyclic amines) is 1. The van der Waals surface area contributed by atoms with Gasteiger partial charge in [-0.1, -0.05) is 6.42 Å². The Kier molecular flexibility index (Phi) is 4.30. The lowest BCUT2D eigenvalue weighted by atomic mass is 9.97. The normalized spacial score (nSPS) is 23.0. The molecule has 2 nitrogen and oxygen atoms in total. The summed E-state index contributed by atoms with van der Waals surface area (Å²) in [6.07, 6.45) is 3.38. The van der Waals surface area contributed by atoms with Gasteiger partial charge in [-0.3, -0.25) is 4.90 Å². The number of piperidine rings is 1. The molecule has 0 saturated carbocycles. The van der Waals surface area contributed by atoms with Gasteiger partial charge in [-0.2, -0.15) is 0 Å². The molecule has 0 aromatic heterocycles. The zero-order valence-electron chi connectivity index (χ0n) is 10.7. The summed E-state index contributed by atoms with van der Waals surface area (Å²) in [7, 11) is 0. The highest BCUT2D eigenvalue weighted by molar-refractivity contribution is 5.23. The molecule has 2 N–H and O–H groups in total. The molecule has 0 amide bonds. The van der Waals surface area contributed by atoms with E-state index in [1.807, 2.05) is 0 Å². The first-order valence-electron chi connectivity index (χ1n) is 6.54. The second kappa shape index (κ2) is 5.76. The Bertz CT molecular complexity index is 409. The Labute approximate surface area is 107 Å². The standard InChI is InChI=1S/C14H20F2N2/c1-10-4-2-3-7-18(10)14(9-17)12-8-11(15)5-6-13(12)16/h5-6,8,10,14H,2-4,7,9,17H2,1H3. The van der Waals surface area contributed by atoms with Crippen molar-refractivity contribution in [2.75, 3.05) is 13.1 Å². The molecule has 1 aromatic rings. The molecular formula is C14H20F2N2. The lowest BCUT2D eigenvalue weighted by Gasteiger charge is -2.39. The topological polar surface area (TPSA) is 29.3 Å². The van der Waals surface area contributed by atoms with Crippen LogP contribution in [0.4, 0.5) is 8.78 Å². The van der Waals surface area contributed by atoms with Gasteiger partial charge in [-0.15, -0.1) is 0 Å². The lowest BCUT2D eigenvalue weighted by Crippen LogP contribution is -2.43. The SMILES string of the molecule is CC1CCCCN1C(CN)c1cc(F)ccc1F. The fourth-order valence-electron chi connectivity index (χ4n) is 2.79. The Balaban J connectivity index is 2.29. The lowest BCUT2D eigenvalue weighted by molar-refractivity contribution is 0.106. The second-order valence-corrected chi connectivity index (χ2v) is 5.00. The molecule has 1 aliphatic heterocycles. The minimum atomic E-state index is -0.408. The zero-order chi connectivity index (χ0) is 13.1. The van der Waals surface area contributed by atoms with Crippen molar-refractivity contribution in [2.45, 2.75) is 38.3 Å². The van der Waals surface area contributed by atoms with E-state index < -0.39 is 5.82 Å². The van der Waals surface area contributed by atoms with Crippen LogP contribution >= 0.6 is 0 Å². The van der Waals surface area contributed by atoms with Gasteiger partial charge in [0.05, 0.1) is 6.04 Å². The van der Waals surface area contributed by atoms with Crippen LogP contribution in [-0.2, 0) is 0 Å². The first kappa shape index (κ1) is 13.4. The summed E-state index contributed by atoms with van der Waals surface area (Å²) in [6, 6.07) is 3.74. The largest absolute Gasteiger partial charge is 0.329 e. The highest BCUT2D eigenvalue weighted by Crippen LogP contribution is 2.29. The molecule has 0 spiro atoms. The van der Waals surface area contributed by atoms with E-state index in [9.17, 15) is 8.78 Å². The van der Waals surface area contributed by atoms with Gasteiger partial charge in [-0.05, 0) is 44.5 Å². The molecule has 2 atom stereocenters. The molecule has 4 heteroatoms. The van der Waals surface area contributed by atoms with Crippen molar-refractivity contribution in [1.29, 1.82) is 0 Å². The van der Waals surface area contributed by atoms with Gasteiger partial charge in [-0.25, -0.2) is 8.78 Å². The molecule has 1 heterocycles. The minimum absolute atomic E-state index is 0.226. The molecule has 1 saturated heterocycles. The highest BCUT2D eigenvalue weighted by atomic mass is 19.1. The maximum Gasteiger partial charge on any atom is 0.128 e. The number of halogens is 2. The molecular weight excluding hydrogens is 234 g/mol. The second-order valence-electron chi connectivity index (χ2n) is 5.00. The van der Waals surface area contributed by atoms with Crippen LogP contribution < -0.4 is 5.73 Å². The summed E-state index contributed by atoms with van der Waals surface area (Å²) in [4.78, 5) is 2.20. The predicted molar refractivity (Wildman–Crippen MR) is 68.2 cm³/mol. The van der Waals surface area contributed by atoms with Crippen molar-refractivity contribution >= 4 is 0 Å². The molecule has 1 aliphatic rings. The number of rotatable bonds is 3. The fraction of sp³-hybridized carbons (Fsp3) is 0.571. The van der Waals surface area contributed by atoms with Crippen molar-refractivity contribution in [2.24, 2.45) is 5.73 Å². The van der Waals surface area contributed by atoms with E-state index in [1.165, 1.54) is 18.6 Å². The van der Waals surface area contributed by atoms with Crippen LogP contribution in [0.3, 0.4) is 0 Å². The van der Waals surface area contributed by atoms with Gasteiger partial charge < -0.3 is 5.73 Å². The van der Waals surface area contributed by atoms with E-state index in [0.29, 0.717) is 18.2 Å². The zero-order valence-corrected chi connectivity index (χ0v) is 10.7. The molecule has 2 unspecified atom stereocenters. The van der Waals surface area contributed by atoms with Crippen molar-refractivity contribution in [3.63, 3.8) is 0 Å². The summed E-state index contributed by atoms with van der Waals surface area (Å²) >= 11 is 0. The summed E-state index contributed by atoms with van der Waals surface area (Å²) in [5.41, 5.74) is 6.17. The molecule has 0 bridgehead atoms. The Morgan fingerprint density at radius 2 is 2.17 bits per heavy atom. The van der Waals surface area contributed by atoms with Crippen LogP contribution in [0.25, 0.3) is 0 Å².